The predicted molar refractivity (Wildman–Crippen MR) is 75.0 cm³/mol. The molecule has 0 radical (unpaired) electrons. The molecule has 0 spiro atoms. The molecule has 0 bridgehead atoms. The van der Waals surface area contributed by atoms with E-state index < -0.39 is 0 Å². The van der Waals surface area contributed by atoms with Gasteiger partial charge in [0.25, 0.3) is 0 Å². The van der Waals surface area contributed by atoms with Gasteiger partial charge in [-0.25, -0.2) is 14.4 Å². The van der Waals surface area contributed by atoms with Crippen LogP contribution in [0.3, 0.4) is 0 Å². The highest BCUT2D eigenvalue weighted by molar-refractivity contribution is 6.35. The fraction of sp³-hybridized carbons (Fsp3) is 0. The highest BCUT2D eigenvalue weighted by Gasteiger charge is 2.08. The van der Waals surface area contributed by atoms with Crippen LogP contribution >= 0.6 is 23.2 Å². The van der Waals surface area contributed by atoms with Crippen molar-refractivity contribution in [2.75, 3.05) is 0 Å². The number of rotatable bonds is 1. The number of hydrogen-bond acceptors (Lipinski definition) is 2. The Hall–Kier alpha value is -1.71. The summed E-state index contributed by atoms with van der Waals surface area (Å²) >= 11 is 12.1. The first-order valence-electron chi connectivity index (χ1n) is 5.52. The Morgan fingerprint density at radius 3 is 2.37 bits per heavy atom. The first-order valence-corrected chi connectivity index (χ1v) is 6.28. The van der Waals surface area contributed by atoms with Crippen molar-refractivity contribution in [1.29, 1.82) is 0 Å². The van der Waals surface area contributed by atoms with Crippen molar-refractivity contribution in [3.8, 4) is 11.4 Å². The zero-order chi connectivity index (χ0) is 13.4. The van der Waals surface area contributed by atoms with Crippen LogP contribution in [0.25, 0.3) is 22.3 Å². The molecule has 1 heterocycles. The number of nitrogens with zero attached hydrogens (tertiary/aromatic N) is 2. The molecule has 0 aliphatic heterocycles. The Kier molecular flexibility index (Phi) is 3.09. The summed E-state index contributed by atoms with van der Waals surface area (Å²) in [5.74, 6) is 0.137. The van der Waals surface area contributed by atoms with Gasteiger partial charge in [0.1, 0.15) is 11.0 Å². The van der Waals surface area contributed by atoms with Gasteiger partial charge in [-0.05, 0) is 42.5 Å². The van der Waals surface area contributed by atoms with Gasteiger partial charge in [-0.3, -0.25) is 0 Å². The van der Waals surface area contributed by atoms with Gasteiger partial charge in [0.05, 0.1) is 5.52 Å². The van der Waals surface area contributed by atoms with Crippen LogP contribution in [-0.4, -0.2) is 9.97 Å². The fourth-order valence-corrected chi connectivity index (χ4v) is 2.20. The second-order valence-corrected chi connectivity index (χ2v) is 4.80. The van der Waals surface area contributed by atoms with E-state index in [2.05, 4.69) is 9.97 Å². The van der Waals surface area contributed by atoms with Crippen LogP contribution in [0.2, 0.25) is 10.2 Å². The molecular formula is C14H7Cl2FN2. The predicted octanol–water partition coefficient (Wildman–Crippen LogP) is 4.74. The maximum atomic E-state index is 12.9. The second-order valence-electron chi connectivity index (χ2n) is 4.01. The minimum Gasteiger partial charge on any atom is -0.228 e. The molecule has 0 aliphatic rings. The molecule has 5 heteroatoms. The average molecular weight is 293 g/mol. The first-order chi connectivity index (χ1) is 9.13. The number of aromatic nitrogens is 2. The summed E-state index contributed by atoms with van der Waals surface area (Å²) in [4.78, 5) is 8.61. The standard InChI is InChI=1S/C14H7Cl2FN2/c15-9-3-6-11-12(7-9)18-14(19-13(11)16)8-1-4-10(17)5-2-8/h1-7H. The molecule has 1 aromatic heterocycles. The van der Waals surface area contributed by atoms with E-state index in [0.717, 1.165) is 5.39 Å². The minimum absolute atomic E-state index is 0.307. The van der Waals surface area contributed by atoms with Gasteiger partial charge < -0.3 is 0 Å². The van der Waals surface area contributed by atoms with Gasteiger partial charge >= 0.3 is 0 Å². The Bertz CT molecular complexity index is 757. The summed E-state index contributed by atoms with van der Waals surface area (Å²) in [6.07, 6.45) is 0. The van der Waals surface area contributed by atoms with Crippen molar-refractivity contribution in [2.45, 2.75) is 0 Å². The lowest BCUT2D eigenvalue weighted by molar-refractivity contribution is 0.628. The van der Waals surface area contributed by atoms with Gasteiger partial charge in [0, 0.05) is 16.0 Å². The highest BCUT2D eigenvalue weighted by Crippen LogP contribution is 2.26. The van der Waals surface area contributed by atoms with Gasteiger partial charge in [-0.1, -0.05) is 23.2 Å². The number of benzene rings is 2. The number of halogens is 3. The molecule has 0 aliphatic carbocycles. The van der Waals surface area contributed by atoms with Crippen LogP contribution in [-0.2, 0) is 0 Å². The van der Waals surface area contributed by atoms with E-state index in [9.17, 15) is 4.39 Å². The molecule has 19 heavy (non-hydrogen) atoms. The molecular weight excluding hydrogens is 286 g/mol. The Morgan fingerprint density at radius 1 is 0.895 bits per heavy atom. The van der Waals surface area contributed by atoms with Crippen molar-refractivity contribution in [1.82, 2.24) is 9.97 Å². The van der Waals surface area contributed by atoms with Gasteiger partial charge in [0.2, 0.25) is 0 Å². The number of fused-ring (bicyclic) bond motifs is 1. The van der Waals surface area contributed by atoms with Crippen molar-refractivity contribution in [3.63, 3.8) is 0 Å². The summed E-state index contributed by atoms with van der Waals surface area (Å²) in [7, 11) is 0. The molecule has 0 saturated carbocycles. The SMILES string of the molecule is Fc1ccc(-c2nc(Cl)c3ccc(Cl)cc3n2)cc1. The van der Waals surface area contributed by atoms with Crippen LogP contribution in [0, 0.1) is 5.82 Å². The summed E-state index contributed by atoms with van der Waals surface area (Å²) in [6.45, 7) is 0. The van der Waals surface area contributed by atoms with Gasteiger partial charge in [-0.2, -0.15) is 0 Å². The molecule has 0 atom stereocenters. The topological polar surface area (TPSA) is 25.8 Å². The molecule has 3 rings (SSSR count). The molecule has 0 fully saturated rings. The molecule has 2 nitrogen and oxygen atoms in total. The van der Waals surface area contributed by atoms with Crippen LogP contribution in [0.4, 0.5) is 4.39 Å². The lowest BCUT2D eigenvalue weighted by Crippen LogP contribution is -1.92. The quantitative estimate of drug-likeness (QED) is 0.605. The Labute approximate surface area is 118 Å². The lowest BCUT2D eigenvalue weighted by atomic mass is 10.2. The summed E-state index contributed by atoms with van der Waals surface area (Å²) < 4.78 is 12.9. The number of hydrogen-bond donors (Lipinski definition) is 0. The largest absolute Gasteiger partial charge is 0.228 e. The zero-order valence-corrected chi connectivity index (χ0v) is 11.1. The summed E-state index contributed by atoms with van der Waals surface area (Å²) in [5.41, 5.74) is 1.36. The van der Waals surface area contributed by atoms with Crippen LogP contribution in [0.1, 0.15) is 0 Å². The maximum Gasteiger partial charge on any atom is 0.161 e. The Balaban J connectivity index is 2.22. The molecule has 0 N–H and O–H groups in total. The van der Waals surface area contributed by atoms with E-state index in [0.29, 0.717) is 27.1 Å². The van der Waals surface area contributed by atoms with Crippen LogP contribution < -0.4 is 0 Å². The molecule has 2 aromatic carbocycles. The third-order valence-electron chi connectivity index (χ3n) is 2.71. The fourth-order valence-electron chi connectivity index (χ4n) is 1.79. The normalized spacial score (nSPS) is 10.9. The van der Waals surface area contributed by atoms with E-state index in [-0.39, 0.29) is 5.82 Å². The first kappa shape index (κ1) is 12.3. The minimum atomic E-state index is -0.307. The highest BCUT2D eigenvalue weighted by atomic mass is 35.5. The molecule has 0 unspecified atom stereocenters. The van der Waals surface area contributed by atoms with E-state index in [1.807, 2.05) is 0 Å². The van der Waals surface area contributed by atoms with Crippen molar-refractivity contribution in [3.05, 3.63) is 58.5 Å². The van der Waals surface area contributed by atoms with E-state index in [4.69, 9.17) is 23.2 Å². The van der Waals surface area contributed by atoms with Crippen molar-refractivity contribution < 1.29 is 4.39 Å². The molecule has 0 saturated heterocycles. The molecule has 94 valence electrons. The second kappa shape index (κ2) is 4.76. The van der Waals surface area contributed by atoms with Gasteiger partial charge in [-0.15, -0.1) is 0 Å². The monoisotopic (exact) mass is 292 g/mol. The third kappa shape index (κ3) is 2.39. The summed E-state index contributed by atoms with van der Waals surface area (Å²) in [5, 5.41) is 1.66. The van der Waals surface area contributed by atoms with Crippen molar-refractivity contribution in [2.24, 2.45) is 0 Å². The van der Waals surface area contributed by atoms with Crippen LogP contribution in [0.15, 0.2) is 42.5 Å². The van der Waals surface area contributed by atoms with E-state index in [1.165, 1.54) is 12.1 Å². The molecule has 0 amide bonds. The zero-order valence-electron chi connectivity index (χ0n) is 9.57. The Morgan fingerprint density at radius 2 is 1.63 bits per heavy atom. The summed E-state index contributed by atoms with van der Waals surface area (Å²) in [6, 6.07) is 11.2. The van der Waals surface area contributed by atoms with Crippen molar-refractivity contribution >= 4 is 34.1 Å². The van der Waals surface area contributed by atoms with E-state index >= 15 is 0 Å². The van der Waals surface area contributed by atoms with E-state index in [1.54, 1.807) is 30.3 Å². The lowest BCUT2D eigenvalue weighted by Gasteiger charge is -2.05. The third-order valence-corrected chi connectivity index (χ3v) is 3.24. The smallest absolute Gasteiger partial charge is 0.161 e. The van der Waals surface area contributed by atoms with Crippen LogP contribution in [0.5, 0.6) is 0 Å². The maximum absolute atomic E-state index is 12.9. The molecule has 3 aromatic rings. The van der Waals surface area contributed by atoms with Gasteiger partial charge in [0.15, 0.2) is 5.82 Å². The average Bonchev–Trinajstić information content (AvgIpc) is 2.38.